The van der Waals surface area contributed by atoms with Crippen LogP contribution >= 0.6 is 0 Å². The Kier molecular flexibility index (Phi) is 4.43. The Labute approximate surface area is 98.4 Å². The molecular weight excluding hydrogens is 259 g/mol. The van der Waals surface area contributed by atoms with Crippen LogP contribution in [0.1, 0.15) is 25.7 Å². The molecule has 0 radical (unpaired) electrons. The van der Waals surface area contributed by atoms with E-state index in [9.17, 15) is 21.6 Å². The average Bonchev–Trinajstić information content (AvgIpc) is 2.47. The zero-order chi connectivity index (χ0) is 13.2. The molecule has 0 aromatic rings. The number of hydrogen-bond donors (Lipinski definition) is 1. The third-order valence-electron chi connectivity index (χ3n) is 2.85. The molecule has 0 atom stereocenters. The molecule has 0 spiro atoms. The van der Waals surface area contributed by atoms with E-state index >= 15 is 0 Å². The van der Waals surface area contributed by atoms with Gasteiger partial charge in [0.2, 0.25) is 10.0 Å². The molecule has 0 aromatic carbocycles. The van der Waals surface area contributed by atoms with Crippen molar-refractivity contribution >= 4 is 10.0 Å². The van der Waals surface area contributed by atoms with Gasteiger partial charge in [0.1, 0.15) is 6.61 Å². The van der Waals surface area contributed by atoms with Gasteiger partial charge in [0.25, 0.3) is 0 Å². The third-order valence-corrected chi connectivity index (χ3v) is 3.86. The number of halogens is 3. The summed E-state index contributed by atoms with van der Waals surface area (Å²) in [6, 6.07) is 0. The predicted octanol–water partition coefficient (Wildman–Crippen LogP) is 1.41. The topological polar surface area (TPSA) is 69.4 Å². The maximum atomic E-state index is 11.9. The quantitative estimate of drug-likeness (QED) is 0.825. The molecule has 0 unspecified atom stereocenters. The Hall–Kier alpha value is -0.340. The molecule has 1 rings (SSSR count). The Morgan fingerprint density at radius 3 is 2.18 bits per heavy atom. The molecule has 2 N–H and O–H groups in total. The van der Waals surface area contributed by atoms with Gasteiger partial charge in [-0.25, -0.2) is 13.6 Å². The van der Waals surface area contributed by atoms with Gasteiger partial charge in [-0.05, 0) is 12.8 Å². The van der Waals surface area contributed by atoms with E-state index in [1.807, 2.05) is 0 Å². The zero-order valence-electron chi connectivity index (χ0n) is 9.29. The molecule has 8 heteroatoms. The molecule has 1 aliphatic rings. The Morgan fingerprint density at radius 1 is 1.24 bits per heavy atom. The fourth-order valence-corrected chi connectivity index (χ4v) is 3.49. The molecule has 1 aliphatic carbocycles. The van der Waals surface area contributed by atoms with Crippen molar-refractivity contribution < 1.29 is 26.3 Å². The van der Waals surface area contributed by atoms with Crippen molar-refractivity contribution in [2.45, 2.75) is 31.9 Å². The van der Waals surface area contributed by atoms with E-state index in [0.29, 0.717) is 12.8 Å². The fourth-order valence-electron chi connectivity index (χ4n) is 2.27. The molecule has 0 aromatic heterocycles. The number of nitrogens with two attached hydrogens (primary N) is 1. The Balaban J connectivity index is 2.55. The first-order valence-corrected chi connectivity index (χ1v) is 6.99. The van der Waals surface area contributed by atoms with Crippen molar-refractivity contribution in [3.8, 4) is 0 Å². The summed E-state index contributed by atoms with van der Waals surface area (Å²) in [6.45, 7) is -1.55. The van der Waals surface area contributed by atoms with Crippen molar-refractivity contribution in [3.05, 3.63) is 0 Å². The van der Waals surface area contributed by atoms with Gasteiger partial charge < -0.3 is 4.74 Å². The first-order chi connectivity index (χ1) is 7.62. The largest absolute Gasteiger partial charge is 0.411 e. The number of ether oxygens (including phenoxy) is 1. The second-order valence-electron chi connectivity index (χ2n) is 4.62. The summed E-state index contributed by atoms with van der Waals surface area (Å²) in [6.07, 6.45) is -1.71. The molecule has 17 heavy (non-hydrogen) atoms. The highest BCUT2D eigenvalue weighted by atomic mass is 32.2. The maximum absolute atomic E-state index is 11.9. The van der Waals surface area contributed by atoms with Crippen LogP contribution in [0.4, 0.5) is 13.2 Å². The molecule has 0 bridgehead atoms. The number of sulfonamides is 1. The minimum absolute atomic E-state index is 0.205. The van der Waals surface area contributed by atoms with E-state index in [4.69, 9.17) is 5.14 Å². The number of rotatable bonds is 5. The zero-order valence-corrected chi connectivity index (χ0v) is 10.1. The van der Waals surface area contributed by atoms with Crippen molar-refractivity contribution in [2.24, 2.45) is 10.6 Å². The van der Waals surface area contributed by atoms with Gasteiger partial charge in [-0.2, -0.15) is 13.2 Å². The normalized spacial score (nSPS) is 20.7. The second-order valence-corrected chi connectivity index (χ2v) is 6.24. The molecule has 1 saturated carbocycles. The summed E-state index contributed by atoms with van der Waals surface area (Å²) in [5, 5.41) is 4.95. The first kappa shape index (κ1) is 14.7. The minimum Gasteiger partial charge on any atom is -0.371 e. The number of primary sulfonamides is 1. The van der Waals surface area contributed by atoms with Crippen LogP contribution < -0.4 is 5.14 Å². The number of alkyl halides is 3. The van der Waals surface area contributed by atoms with Gasteiger partial charge in [-0.1, -0.05) is 12.8 Å². The molecule has 4 nitrogen and oxygen atoms in total. The van der Waals surface area contributed by atoms with Crippen molar-refractivity contribution in [1.29, 1.82) is 0 Å². The highest BCUT2D eigenvalue weighted by Crippen LogP contribution is 2.39. The average molecular weight is 275 g/mol. The van der Waals surface area contributed by atoms with E-state index in [1.165, 1.54) is 0 Å². The van der Waals surface area contributed by atoms with Crippen LogP contribution in [0.3, 0.4) is 0 Å². The summed E-state index contributed by atoms with van der Waals surface area (Å²) < 4.78 is 62.5. The molecule has 0 saturated heterocycles. The smallest absolute Gasteiger partial charge is 0.371 e. The van der Waals surface area contributed by atoms with Crippen LogP contribution in [0.15, 0.2) is 0 Å². The number of hydrogen-bond acceptors (Lipinski definition) is 3. The van der Waals surface area contributed by atoms with Crippen LogP contribution in [0, 0.1) is 5.41 Å². The van der Waals surface area contributed by atoms with E-state index in [1.54, 1.807) is 0 Å². The second kappa shape index (κ2) is 5.11. The molecule has 1 fully saturated rings. The maximum Gasteiger partial charge on any atom is 0.411 e. The van der Waals surface area contributed by atoms with Gasteiger partial charge in [0, 0.05) is 5.41 Å². The lowest BCUT2D eigenvalue weighted by Crippen LogP contribution is -2.36. The highest BCUT2D eigenvalue weighted by Gasteiger charge is 2.39. The third kappa shape index (κ3) is 5.69. The predicted molar refractivity (Wildman–Crippen MR) is 55.7 cm³/mol. The van der Waals surface area contributed by atoms with Crippen LogP contribution in [-0.4, -0.2) is 33.6 Å². The van der Waals surface area contributed by atoms with Crippen molar-refractivity contribution in [2.75, 3.05) is 19.0 Å². The Morgan fingerprint density at radius 2 is 1.76 bits per heavy atom. The summed E-state index contributed by atoms with van der Waals surface area (Å²) in [5.41, 5.74) is -0.737. The lowest BCUT2D eigenvalue weighted by molar-refractivity contribution is -0.179. The standard InChI is InChI=1S/C9H16F3NO3S/c10-9(11,12)6-16-5-8(3-1-2-4-8)7-17(13,14)15/h1-7H2,(H2,13,14,15). The van der Waals surface area contributed by atoms with Crippen LogP contribution in [-0.2, 0) is 14.8 Å². The van der Waals surface area contributed by atoms with Crippen LogP contribution in [0.25, 0.3) is 0 Å². The lowest BCUT2D eigenvalue weighted by Gasteiger charge is -2.27. The summed E-state index contributed by atoms with van der Waals surface area (Å²) in [7, 11) is -3.69. The monoisotopic (exact) mass is 275 g/mol. The summed E-state index contributed by atoms with van der Waals surface area (Å²) in [5.74, 6) is -0.308. The lowest BCUT2D eigenvalue weighted by atomic mass is 9.90. The molecular formula is C9H16F3NO3S. The van der Waals surface area contributed by atoms with Gasteiger partial charge in [-0.3, -0.25) is 0 Å². The molecule has 102 valence electrons. The Bertz CT molecular complexity index is 347. The van der Waals surface area contributed by atoms with E-state index < -0.39 is 28.2 Å². The molecule has 0 aliphatic heterocycles. The van der Waals surface area contributed by atoms with Gasteiger partial charge in [-0.15, -0.1) is 0 Å². The molecule has 0 amide bonds. The van der Waals surface area contributed by atoms with E-state index in [2.05, 4.69) is 4.74 Å². The van der Waals surface area contributed by atoms with Crippen LogP contribution in [0.2, 0.25) is 0 Å². The SMILES string of the molecule is NS(=O)(=O)CC1(COCC(F)(F)F)CCCC1. The van der Waals surface area contributed by atoms with Crippen molar-refractivity contribution in [1.82, 2.24) is 0 Å². The summed E-state index contributed by atoms with van der Waals surface area (Å²) in [4.78, 5) is 0. The summed E-state index contributed by atoms with van der Waals surface area (Å²) >= 11 is 0. The van der Waals surface area contributed by atoms with Gasteiger partial charge >= 0.3 is 6.18 Å². The molecule has 0 heterocycles. The first-order valence-electron chi connectivity index (χ1n) is 5.27. The van der Waals surface area contributed by atoms with E-state index in [-0.39, 0.29) is 12.4 Å². The van der Waals surface area contributed by atoms with Gasteiger partial charge in [0.15, 0.2) is 0 Å². The van der Waals surface area contributed by atoms with E-state index in [0.717, 1.165) is 12.8 Å². The van der Waals surface area contributed by atoms with Crippen LogP contribution in [0.5, 0.6) is 0 Å². The van der Waals surface area contributed by atoms with Crippen molar-refractivity contribution in [3.63, 3.8) is 0 Å². The minimum atomic E-state index is -4.39. The highest BCUT2D eigenvalue weighted by molar-refractivity contribution is 7.89. The fraction of sp³-hybridized carbons (Fsp3) is 1.00. The van der Waals surface area contributed by atoms with Gasteiger partial charge in [0.05, 0.1) is 12.4 Å².